The van der Waals surface area contributed by atoms with E-state index >= 15 is 0 Å². The minimum atomic E-state index is -3.65. The maximum absolute atomic E-state index is 12.7. The van der Waals surface area contributed by atoms with E-state index < -0.39 is 15.4 Å². The molecule has 0 aliphatic heterocycles. The molecule has 0 saturated carbocycles. The van der Waals surface area contributed by atoms with Gasteiger partial charge in [-0.3, -0.25) is 5.10 Å². The quantitative estimate of drug-likeness (QED) is 0.616. The molecule has 0 aliphatic rings. The van der Waals surface area contributed by atoms with Gasteiger partial charge in [-0.2, -0.15) is 5.10 Å². The predicted molar refractivity (Wildman–Crippen MR) is 101 cm³/mol. The molecule has 0 spiro atoms. The smallest absolute Gasteiger partial charge is 0.244 e. The average molecular weight is 376 g/mol. The molecule has 0 amide bonds. The number of aromatic amines is 2. The Hall–Kier alpha value is -2.32. The molecule has 0 unspecified atom stereocenters. The van der Waals surface area contributed by atoms with Gasteiger partial charge < -0.3 is 9.72 Å². The highest BCUT2D eigenvalue weighted by Crippen LogP contribution is 2.32. The molecule has 0 fully saturated rings. The molecule has 0 saturated heterocycles. The number of hydrogen-bond donors (Lipinski definition) is 3. The lowest BCUT2D eigenvalue weighted by atomic mass is 9.84. The number of H-pyrrole nitrogens is 2. The first kappa shape index (κ1) is 18.5. The maximum atomic E-state index is 12.7. The number of aryl methyl sites for hydroxylation is 2. The Morgan fingerprint density at radius 2 is 2.00 bits per heavy atom. The highest BCUT2D eigenvalue weighted by atomic mass is 32.2. The minimum absolute atomic E-state index is 0.217. The molecule has 3 N–H and O–H groups in total. The van der Waals surface area contributed by atoms with Gasteiger partial charge in [0.15, 0.2) is 0 Å². The third kappa shape index (κ3) is 3.22. The van der Waals surface area contributed by atoms with Crippen LogP contribution in [0.2, 0.25) is 0 Å². The van der Waals surface area contributed by atoms with Crippen molar-refractivity contribution in [3.05, 3.63) is 41.3 Å². The monoisotopic (exact) mass is 376 g/mol. The highest BCUT2D eigenvalue weighted by molar-refractivity contribution is 7.89. The molecule has 0 atom stereocenters. The van der Waals surface area contributed by atoms with E-state index in [4.69, 9.17) is 4.74 Å². The van der Waals surface area contributed by atoms with Crippen molar-refractivity contribution >= 4 is 20.9 Å². The summed E-state index contributed by atoms with van der Waals surface area (Å²) in [7, 11) is -2.02. The average Bonchev–Trinajstić information content (AvgIpc) is 3.16. The molecule has 7 nitrogen and oxygen atoms in total. The SMILES string of the molecule is COc1ccc2[nH]cc(C(C)(C)CNS(=O)(=O)c3c(C)n[nH]c3C)c2c1. The number of methoxy groups -OCH3 is 1. The molecule has 2 heterocycles. The van der Waals surface area contributed by atoms with E-state index in [0.717, 1.165) is 22.2 Å². The summed E-state index contributed by atoms with van der Waals surface area (Å²) in [6, 6.07) is 5.81. The third-order valence-electron chi connectivity index (χ3n) is 4.65. The zero-order valence-electron chi connectivity index (χ0n) is 15.6. The van der Waals surface area contributed by atoms with Crippen molar-refractivity contribution in [1.29, 1.82) is 0 Å². The van der Waals surface area contributed by atoms with Crippen molar-refractivity contribution in [3.63, 3.8) is 0 Å². The molecular weight excluding hydrogens is 352 g/mol. The second-order valence-electron chi connectivity index (χ2n) is 7.09. The summed E-state index contributed by atoms with van der Waals surface area (Å²) >= 11 is 0. The number of nitrogens with zero attached hydrogens (tertiary/aromatic N) is 1. The van der Waals surface area contributed by atoms with Gasteiger partial charge in [0.2, 0.25) is 10.0 Å². The van der Waals surface area contributed by atoms with Gasteiger partial charge in [0, 0.05) is 29.1 Å². The zero-order chi connectivity index (χ0) is 19.1. The summed E-state index contributed by atoms with van der Waals surface area (Å²) in [5, 5.41) is 7.71. The lowest BCUT2D eigenvalue weighted by Gasteiger charge is -2.25. The van der Waals surface area contributed by atoms with Gasteiger partial charge in [0.1, 0.15) is 10.6 Å². The predicted octanol–water partition coefficient (Wildman–Crippen LogP) is 2.77. The Bertz CT molecular complexity index is 1030. The normalized spacial score (nSPS) is 12.7. The standard InChI is InChI=1S/C18H24N4O3S/c1-11-17(12(2)22-21-11)26(23,24)20-10-18(3,4)15-9-19-16-7-6-13(25-5)8-14(15)16/h6-9,19-20H,10H2,1-5H3,(H,21,22). The molecule has 26 heavy (non-hydrogen) atoms. The Labute approximate surface area is 153 Å². The van der Waals surface area contributed by atoms with Crippen LogP contribution in [0.1, 0.15) is 30.8 Å². The second kappa shape index (κ2) is 6.44. The Kier molecular flexibility index (Phi) is 4.58. The van der Waals surface area contributed by atoms with Gasteiger partial charge in [-0.25, -0.2) is 13.1 Å². The van der Waals surface area contributed by atoms with Crippen molar-refractivity contribution in [2.24, 2.45) is 0 Å². The molecule has 0 radical (unpaired) electrons. The van der Waals surface area contributed by atoms with Crippen molar-refractivity contribution in [3.8, 4) is 5.75 Å². The fourth-order valence-corrected chi connectivity index (χ4v) is 4.74. The molecule has 3 rings (SSSR count). The number of rotatable bonds is 6. The molecule has 3 aromatic rings. The fraction of sp³-hybridized carbons (Fsp3) is 0.389. The van der Waals surface area contributed by atoms with Crippen LogP contribution in [0.5, 0.6) is 5.75 Å². The van der Waals surface area contributed by atoms with Crippen LogP contribution < -0.4 is 9.46 Å². The Morgan fingerprint density at radius 1 is 1.27 bits per heavy atom. The number of fused-ring (bicyclic) bond motifs is 1. The molecule has 1 aromatic carbocycles. The molecule has 0 bridgehead atoms. The summed E-state index contributed by atoms with van der Waals surface area (Å²) in [5.41, 5.74) is 2.57. The van der Waals surface area contributed by atoms with E-state index in [1.807, 2.05) is 38.2 Å². The lowest BCUT2D eigenvalue weighted by molar-refractivity contribution is 0.415. The van der Waals surface area contributed by atoms with Crippen LogP contribution in [-0.4, -0.2) is 37.3 Å². The zero-order valence-corrected chi connectivity index (χ0v) is 16.4. The molecule has 8 heteroatoms. The summed E-state index contributed by atoms with van der Waals surface area (Å²) in [6.45, 7) is 7.64. The molecular formula is C18H24N4O3S. The first-order valence-electron chi connectivity index (χ1n) is 8.32. The molecule has 2 aromatic heterocycles. The van der Waals surface area contributed by atoms with Gasteiger partial charge in [-0.15, -0.1) is 0 Å². The van der Waals surface area contributed by atoms with E-state index in [-0.39, 0.29) is 11.4 Å². The highest BCUT2D eigenvalue weighted by Gasteiger charge is 2.29. The topological polar surface area (TPSA) is 99.9 Å². The number of sulfonamides is 1. The Morgan fingerprint density at radius 3 is 2.62 bits per heavy atom. The van der Waals surface area contributed by atoms with Gasteiger partial charge >= 0.3 is 0 Å². The summed E-state index contributed by atoms with van der Waals surface area (Å²) < 4.78 is 33.5. The number of aromatic nitrogens is 3. The van der Waals surface area contributed by atoms with Gasteiger partial charge in [0.05, 0.1) is 18.5 Å². The lowest BCUT2D eigenvalue weighted by Crippen LogP contribution is -2.37. The summed E-state index contributed by atoms with van der Waals surface area (Å²) in [4.78, 5) is 3.46. The van der Waals surface area contributed by atoms with Crippen LogP contribution in [0, 0.1) is 13.8 Å². The van der Waals surface area contributed by atoms with Crippen LogP contribution in [0.4, 0.5) is 0 Å². The Balaban J connectivity index is 1.90. The van der Waals surface area contributed by atoms with E-state index in [2.05, 4.69) is 19.9 Å². The van der Waals surface area contributed by atoms with Gasteiger partial charge in [-0.1, -0.05) is 13.8 Å². The van der Waals surface area contributed by atoms with Crippen LogP contribution in [0.3, 0.4) is 0 Å². The first-order chi connectivity index (χ1) is 12.2. The van der Waals surface area contributed by atoms with Crippen LogP contribution in [-0.2, 0) is 15.4 Å². The molecule has 140 valence electrons. The number of hydrogen-bond acceptors (Lipinski definition) is 4. The fourth-order valence-electron chi connectivity index (χ4n) is 3.17. The van der Waals surface area contributed by atoms with Gasteiger partial charge in [-0.05, 0) is 37.6 Å². The van der Waals surface area contributed by atoms with Crippen molar-refractivity contribution in [2.45, 2.75) is 38.0 Å². The van der Waals surface area contributed by atoms with Gasteiger partial charge in [0.25, 0.3) is 0 Å². The first-order valence-corrected chi connectivity index (χ1v) is 9.81. The number of benzene rings is 1. The summed E-state index contributed by atoms with van der Waals surface area (Å²) in [5.74, 6) is 0.763. The minimum Gasteiger partial charge on any atom is -0.497 e. The van der Waals surface area contributed by atoms with Crippen LogP contribution in [0.15, 0.2) is 29.3 Å². The third-order valence-corrected chi connectivity index (χ3v) is 6.31. The van der Waals surface area contributed by atoms with Crippen LogP contribution in [0.25, 0.3) is 10.9 Å². The second-order valence-corrected chi connectivity index (χ2v) is 8.79. The van der Waals surface area contributed by atoms with Crippen molar-refractivity contribution < 1.29 is 13.2 Å². The van der Waals surface area contributed by atoms with E-state index in [9.17, 15) is 8.42 Å². The summed E-state index contributed by atoms with van der Waals surface area (Å²) in [6.07, 6.45) is 1.92. The number of ether oxygens (including phenoxy) is 1. The number of nitrogens with one attached hydrogen (secondary N) is 3. The van der Waals surface area contributed by atoms with Crippen molar-refractivity contribution in [2.75, 3.05) is 13.7 Å². The van der Waals surface area contributed by atoms with E-state index in [1.165, 1.54) is 0 Å². The maximum Gasteiger partial charge on any atom is 0.244 e. The molecule has 0 aliphatic carbocycles. The van der Waals surface area contributed by atoms with Crippen LogP contribution >= 0.6 is 0 Å². The van der Waals surface area contributed by atoms with Crippen molar-refractivity contribution in [1.82, 2.24) is 19.9 Å². The van der Waals surface area contributed by atoms with E-state index in [1.54, 1.807) is 21.0 Å². The van der Waals surface area contributed by atoms with E-state index in [0.29, 0.717) is 11.4 Å². The largest absolute Gasteiger partial charge is 0.497 e.